The molecule has 8 nitrogen and oxygen atoms in total. The molecule has 2 aliphatic heterocycles. The van der Waals surface area contributed by atoms with Gasteiger partial charge in [0.05, 0.1) is 17.6 Å². The largest absolute Gasteiger partial charge is 0.465 e. The number of likely N-dealkylation sites (tertiary alicyclic amines) is 1. The van der Waals surface area contributed by atoms with Crippen molar-refractivity contribution in [3.05, 3.63) is 57.2 Å². The van der Waals surface area contributed by atoms with E-state index in [9.17, 15) is 19.2 Å². The standard InChI is InChI=1S/C26H29N3O5S/c1-16-8-9-19(25(32)34-4)13-21(16)29-17(2)12-20(18(29)3)14-22-24(31)28(26(33)35-22)15-23(30)27-10-6-5-7-11-27/h8-9,12-14H,5-7,10-11,15H2,1-4H3. The molecule has 0 radical (unpaired) electrons. The van der Waals surface area contributed by atoms with Crippen LogP contribution in [0.15, 0.2) is 29.2 Å². The molecule has 2 aliphatic rings. The molecule has 184 valence electrons. The Bertz CT molecular complexity index is 1240. The van der Waals surface area contributed by atoms with Crippen LogP contribution in [0, 0.1) is 20.8 Å². The van der Waals surface area contributed by atoms with Gasteiger partial charge < -0.3 is 14.2 Å². The van der Waals surface area contributed by atoms with Crippen molar-refractivity contribution in [2.24, 2.45) is 0 Å². The Hall–Kier alpha value is -3.33. The lowest BCUT2D eigenvalue weighted by Crippen LogP contribution is -2.44. The van der Waals surface area contributed by atoms with Crippen molar-refractivity contribution in [3.8, 4) is 5.69 Å². The van der Waals surface area contributed by atoms with Crippen LogP contribution in [0.5, 0.6) is 0 Å². The molecule has 3 heterocycles. The highest BCUT2D eigenvalue weighted by Gasteiger charge is 2.37. The van der Waals surface area contributed by atoms with Crippen molar-refractivity contribution in [1.29, 1.82) is 0 Å². The molecule has 1 aromatic carbocycles. The van der Waals surface area contributed by atoms with E-state index in [0.717, 1.165) is 64.1 Å². The molecular weight excluding hydrogens is 466 g/mol. The second-order valence-electron chi connectivity index (χ2n) is 8.86. The van der Waals surface area contributed by atoms with Crippen LogP contribution < -0.4 is 0 Å². The lowest BCUT2D eigenvalue weighted by atomic mass is 10.1. The van der Waals surface area contributed by atoms with Gasteiger partial charge in [0, 0.05) is 30.2 Å². The minimum absolute atomic E-state index is 0.188. The average molecular weight is 496 g/mol. The van der Waals surface area contributed by atoms with Crippen LogP contribution in [-0.2, 0) is 14.3 Å². The Balaban J connectivity index is 1.60. The van der Waals surface area contributed by atoms with Crippen LogP contribution in [0.4, 0.5) is 4.79 Å². The van der Waals surface area contributed by atoms with E-state index in [1.165, 1.54) is 7.11 Å². The van der Waals surface area contributed by atoms with Gasteiger partial charge in [0.1, 0.15) is 6.54 Å². The predicted molar refractivity (Wildman–Crippen MR) is 134 cm³/mol. The van der Waals surface area contributed by atoms with Gasteiger partial charge in [-0.3, -0.25) is 19.3 Å². The second kappa shape index (κ2) is 10.1. The number of aromatic nitrogens is 1. The number of piperidine rings is 1. The summed E-state index contributed by atoms with van der Waals surface area (Å²) in [4.78, 5) is 53.3. The van der Waals surface area contributed by atoms with Crippen molar-refractivity contribution in [2.75, 3.05) is 26.7 Å². The number of ether oxygens (including phenoxy) is 1. The summed E-state index contributed by atoms with van der Waals surface area (Å²) in [5.74, 6) is -1.05. The maximum absolute atomic E-state index is 13.0. The van der Waals surface area contributed by atoms with Gasteiger partial charge in [-0.15, -0.1) is 0 Å². The average Bonchev–Trinajstić information content (AvgIpc) is 3.28. The Labute approximate surface area is 208 Å². The smallest absolute Gasteiger partial charge is 0.337 e. The molecule has 3 amide bonds. The highest BCUT2D eigenvalue weighted by Crippen LogP contribution is 2.34. The normalized spacial score (nSPS) is 17.4. The van der Waals surface area contributed by atoms with Gasteiger partial charge >= 0.3 is 5.97 Å². The molecule has 0 spiro atoms. The Morgan fingerprint density at radius 2 is 1.77 bits per heavy atom. The molecule has 2 fully saturated rings. The molecule has 0 N–H and O–H groups in total. The molecule has 2 aromatic rings. The number of aryl methyl sites for hydroxylation is 2. The number of carbonyl (C=O) groups excluding carboxylic acids is 4. The van der Waals surface area contributed by atoms with E-state index < -0.39 is 17.1 Å². The van der Waals surface area contributed by atoms with Crippen LogP contribution in [-0.4, -0.2) is 64.1 Å². The zero-order valence-electron chi connectivity index (χ0n) is 20.4. The molecule has 9 heteroatoms. The number of hydrogen-bond acceptors (Lipinski definition) is 6. The number of rotatable bonds is 5. The molecule has 0 unspecified atom stereocenters. The van der Waals surface area contributed by atoms with Gasteiger partial charge in [-0.25, -0.2) is 4.79 Å². The number of hydrogen-bond donors (Lipinski definition) is 0. The molecular formula is C26H29N3O5S. The number of carbonyl (C=O) groups is 4. The van der Waals surface area contributed by atoms with E-state index in [2.05, 4.69) is 0 Å². The number of methoxy groups -OCH3 is 1. The summed E-state index contributed by atoms with van der Waals surface area (Å²) in [5, 5.41) is -0.429. The fourth-order valence-electron chi connectivity index (χ4n) is 4.56. The van der Waals surface area contributed by atoms with Gasteiger partial charge in [-0.05, 0) is 87.2 Å². The summed E-state index contributed by atoms with van der Waals surface area (Å²) < 4.78 is 6.87. The predicted octanol–water partition coefficient (Wildman–Crippen LogP) is 4.24. The number of esters is 1. The molecule has 2 saturated heterocycles. The zero-order valence-corrected chi connectivity index (χ0v) is 21.2. The first kappa shape index (κ1) is 24.8. The Morgan fingerprint density at radius 3 is 2.46 bits per heavy atom. The number of thioether (sulfide) groups is 1. The molecule has 35 heavy (non-hydrogen) atoms. The number of nitrogens with zero attached hydrogens (tertiary/aromatic N) is 3. The summed E-state index contributed by atoms with van der Waals surface area (Å²) in [6.07, 6.45) is 4.70. The molecule has 0 atom stereocenters. The van der Waals surface area contributed by atoms with E-state index in [1.54, 1.807) is 23.1 Å². The fraction of sp³-hybridized carbons (Fsp3) is 0.385. The summed E-state index contributed by atoms with van der Waals surface area (Å²) >= 11 is 0.855. The van der Waals surface area contributed by atoms with Gasteiger partial charge in [0.15, 0.2) is 0 Å². The van der Waals surface area contributed by atoms with E-state index in [-0.39, 0.29) is 12.5 Å². The second-order valence-corrected chi connectivity index (χ2v) is 9.86. The fourth-order valence-corrected chi connectivity index (χ4v) is 5.38. The summed E-state index contributed by atoms with van der Waals surface area (Å²) in [6, 6.07) is 7.31. The number of imide groups is 1. The van der Waals surface area contributed by atoms with Gasteiger partial charge in [-0.1, -0.05) is 6.07 Å². The third kappa shape index (κ3) is 4.91. The quantitative estimate of drug-likeness (QED) is 0.455. The highest BCUT2D eigenvalue weighted by molar-refractivity contribution is 8.18. The third-order valence-electron chi connectivity index (χ3n) is 6.50. The number of amides is 3. The lowest BCUT2D eigenvalue weighted by molar-refractivity contribution is -0.136. The Morgan fingerprint density at radius 1 is 1.06 bits per heavy atom. The first-order valence-corrected chi connectivity index (χ1v) is 12.4. The van der Waals surface area contributed by atoms with Crippen molar-refractivity contribution in [2.45, 2.75) is 40.0 Å². The van der Waals surface area contributed by atoms with E-state index in [1.807, 2.05) is 37.5 Å². The maximum Gasteiger partial charge on any atom is 0.337 e. The topological polar surface area (TPSA) is 88.9 Å². The summed E-state index contributed by atoms with van der Waals surface area (Å²) in [7, 11) is 1.35. The number of benzene rings is 1. The highest BCUT2D eigenvalue weighted by atomic mass is 32.2. The van der Waals surface area contributed by atoms with Crippen LogP contribution in [0.25, 0.3) is 11.8 Å². The van der Waals surface area contributed by atoms with Crippen molar-refractivity contribution in [3.63, 3.8) is 0 Å². The summed E-state index contributed by atoms with van der Waals surface area (Å²) in [6.45, 7) is 6.95. The minimum atomic E-state index is -0.445. The van der Waals surface area contributed by atoms with Crippen molar-refractivity contribution < 1.29 is 23.9 Å². The first-order chi connectivity index (χ1) is 16.7. The maximum atomic E-state index is 13.0. The molecule has 1 aromatic heterocycles. The molecule has 0 saturated carbocycles. The van der Waals surface area contributed by atoms with Crippen LogP contribution in [0.2, 0.25) is 0 Å². The third-order valence-corrected chi connectivity index (χ3v) is 7.41. The van der Waals surface area contributed by atoms with E-state index in [4.69, 9.17) is 4.74 Å². The monoisotopic (exact) mass is 495 g/mol. The van der Waals surface area contributed by atoms with E-state index >= 15 is 0 Å². The van der Waals surface area contributed by atoms with Crippen LogP contribution in [0.3, 0.4) is 0 Å². The van der Waals surface area contributed by atoms with Crippen LogP contribution >= 0.6 is 11.8 Å². The molecule has 4 rings (SSSR count). The lowest BCUT2D eigenvalue weighted by Gasteiger charge is -2.27. The van der Waals surface area contributed by atoms with Gasteiger partial charge in [-0.2, -0.15) is 0 Å². The Kier molecular flexibility index (Phi) is 7.16. The molecule has 0 bridgehead atoms. The van der Waals surface area contributed by atoms with Gasteiger partial charge in [0.25, 0.3) is 11.1 Å². The zero-order chi connectivity index (χ0) is 25.3. The minimum Gasteiger partial charge on any atom is -0.465 e. The van der Waals surface area contributed by atoms with Crippen LogP contribution in [0.1, 0.15) is 52.1 Å². The first-order valence-electron chi connectivity index (χ1n) is 11.6. The molecule has 0 aliphatic carbocycles. The van der Waals surface area contributed by atoms with Crippen molar-refractivity contribution in [1.82, 2.24) is 14.4 Å². The van der Waals surface area contributed by atoms with Gasteiger partial charge in [0.2, 0.25) is 5.91 Å². The van der Waals surface area contributed by atoms with Crippen molar-refractivity contribution >= 4 is 40.9 Å². The SMILES string of the molecule is COC(=O)c1ccc(C)c(-n2c(C)cc(C=C3SC(=O)N(CC(=O)N4CCCCC4)C3=O)c2C)c1. The summed E-state index contributed by atoms with van der Waals surface area (Å²) in [5.41, 5.74) is 4.83. The van der Waals surface area contributed by atoms with E-state index in [0.29, 0.717) is 23.6 Å².